The van der Waals surface area contributed by atoms with Crippen molar-refractivity contribution in [3.8, 4) is 0 Å². The number of thioether (sulfide) groups is 1. The van der Waals surface area contributed by atoms with E-state index in [1.807, 2.05) is 0 Å². The molecule has 2 aliphatic heterocycles. The second kappa shape index (κ2) is 3.94. The van der Waals surface area contributed by atoms with E-state index in [-0.39, 0.29) is 0 Å². The van der Waals surface area contributed by atoms with Crippen molar-refractivity contribution in [2.45, 2.75) is 56.4 Å². The molecule has 88 valence electrons. The second-order valence-electron chi connectivity index (χ2n) is 5.82. The van der Waals surface area contributed by atoms with E-state index in [0.717, 1.165) is 11.8 Å². The Labute approximate surface area is 98.0 Å². The molecule has 0 spiro atoms. The van der Waals surface area contributed by atoms with Crippen molar-refractivity contribution in [1.29, 1.82) is 0 Å². The average Bonchev–Trinajstić information content (AvgIpc) is 2.70. The van der Waals surface area contributed by atoms with E-state index in [9.17, 15) is 0 Å². The number of rotatable bonds is 2. The first-order valence-corrected chi connectivity index (χ1v) is 7.14. The maximum Gasteiger partial charge on any atom is 0.0437 e. The Morgan fingerprint density at radius 3 is 2.60 bits per heavy atom. The standard InChI is InChI=1S/C12H24N2S/c1-10-7-12(8-13,9-15-10)14-6-4-5-11(14,2)3/h10H,4-9,13H2,1-3H3. The molecule has 0 bridgehead atoms. The summed E-state index contributed by atoms with van der Waals surface area (Å²) in [7, 11) is 0. The fourth-order valence-electron chi connectivity index (χ4n) is 3.38. The molecule has 15 heavy (non-hydrogen) atoms. The molecule has 2 rings (SSSR count). The summed E-state index contributed by atoms with van der Waals surface area (Å²) < 4.78 is 0. The summed E-state index contributed by atoms with van der Waals surface area (Å²) in [5, 5.41) is 0.782. The Hall–Kier alpha value is 0.270. The zero-order valence-corrected chi connectivity index (χ0v) is 11.1. The van der Waals surface area contributed by atoms with Crippen LogP contribution in [0.5, 0.6) is 0 Å². The Morgan fingerprint density at radius 2 is 2.20 bits per heavy atom. The van der Waals surface area contributed by atoms with E-state index in [4.69, 9.17) is 5.73 Å². The van der Waals surface area contributed by atoms with E-state index in [1.54, 1.807) is 0 Å². The normalized spacial score (nSPS) is 41.2. The molecule has 0 amide bonds. The fourth-order valence-corrected chi connectivity index (χ4v) is 4.79. The van der Waals surface area contributed by atoms with Crippen molar-refractivity contribution < 1.29 is 0 Å². The zero-order valence-electron chi connectivity index (χ0n) is 10.3. The van der Waals surface area contributed by atoms with Gasteiger partial charge in [0.15, 0.2) is 0 Å². The largest absolute Gasteiger partial charge is 0.329 e. The Balaban J connectivity index is 2.19. The number of hydrogen-bond acceptors (Lipinski definition) is 3. The van der Waals surface area contributed by atoms with Crippen molar-refractivity contribution in [1.82, 2.24) is 4.90 Å². The second-order valence-corrected chi connectivity index (χ2v) is 7.25. The molecule has 2 saturated heterocycles. The van der Waals surface area contributed by atoms with E-state index in [2.05, 4.69) is 37.4 Å². The third kappa shape index (κ3) is 1.94. The Morgan fingerprint density at radius 1 is 1.47 bits per heavy atom. The van der Waals surface area contributed by atoms with E-state index >= 15 is 0 Å². The molecule has 0 aromatic carbocycles. The Bertz CT molecular complexity index is 242. The van der Waals surface area contributed by atoms with Crippen LogP contribution in [0.15, 0.2) is 0 Å². The highest BCUT2D eigenvalue weighted by atomic mass is 32.2. The van der Waals surface area contributed by atoms with Crippen molar-refractivity contribution in [3.05, 3.63) is 0 Å². The minimum Gasteiger partial charge on any atom is -0.329 e. The number of likely N-dealkylation sites (tertiary alicyclic amines) is 1. The van der Waals surface area contributed by atoms with Crippen LogP contribution in [-0.4, -0.2) is 40.1 Å². The molecule has 0 saturated carbocycles. The summed E-state index contributed by atoms with van der Waals surface area (Å²) in [5.74, 6) is 1.23. The van der Waals surface area contributed by atoms with Crippen LogP contribution in [0.25, 0.3) is 0 Å². The maximum atomic E-state index is 6.08. The summed E-state index contributed by atoms with van der Waals surface area (Å²) >= 11 is 2.09. The number of hydrogen-bond donors (Lipinski definition) is 1. The van der Waals surface area contributed by atoms with Crippen LogP contribution in [0.3, 0.4) is 0 Å². The minimum absolute atomic E-state index is 0.296. The predicted molar refractivity (Wildman–Crippen MR) is 68.3 cm³/mol. The molecule has 0 aromatic heterocycles. The van der Waals surface area contributed by atoms with Gasteiger partial charge in [-0.2, -0.15) is 11.8 Å². The first-order chi connectivity index (χ1) is 7.00. The van der Waals surface area contributed by atoms with Gasteiger partial charge in [0.2, 0.25) is 0 Å². The molecule has 0 aromatic rings. The summed E-state index contributed by atoms with van der Waals surface area (Å²) in [5.41, 5.74) is 6.74. The van der Waals surface area contributed by atoms with Gasteiger partial charge in [-0.25, -0.2) is 0 Å². The molecule has 2 N–H and O–H groups in total. The van der Waals surface area contributed by atoms with Gasteiger partial charge in [-0.05, 0) is 39.7 Å². The molecular formula is C12H24N2S. The summed E-state index contributed by atoms with van der Waals surface area (Å²) in [4.78, 5) is 2.70. The molecule has 2 fully saturated rings. The van der Waals surface area contributed by atoms with Gasteiger partial charge in [0.25, 0.3) is 0 Å². The molecular weight excluding hydrogens is 204 g/mol. The van der Waals surface area contributed by atoms with E-state index in [0.29, 0.717) is 11.1 Å². The topological polar surface area (TPSA) is 29.3 Å². The van der Waals surface area contributed by atoms with Gasteiger partial charge in [-0.3, -0.25) is 4.90 Å². The monoisotopic (exact) mass is 228 g/mol. The zero-order chi connectivity index (χ0) is 11.1. The lowest BCUT2D eigenvalue weighted by Gasteiger charge is -2.45. The highest BCUT2D eigenvalue weighted by Gasteiger charge is 2.48. The van der Waals surface area contributed by atoms with Gasteiger partial charge >= 0.3 is 0 Å². The summed E-state index contributed by atoms with van der Waals surface area (Å²) in [6.45, 7) is 9.17. The Kier molecular flexibility index (Phi) is 3.08. The van der Waals surface area contributed by atoms with Crippen LogP contribution < -0.4 is 5.73 Å². The molecule has 0 aliphatic carbocycles. The first-order valence-electron chi connectivity index (χ1n) is 6.10. The highest BCUT2D eigenvalue weighted by molar-refractivity contribution is 8.00. The number of nitrogens with two attached hydrogens (primary N) is 1. The summed E-state index contributed by atoms with van der Waals surface area (Å²) in [6.07, 6.45) is 3.94. The average molecular weight is 228 g/mol. The van der Waals surface area contributed by atoms with Crippen LogP contribution in [-0.2, 0) is 0 Å². The third-order valence-electron chi connectivity index (χ3n) is 4.16. The fraction of sp³-hybridized carbons (Fsp3) is 1.00. The third-order valence-corrected chi connectivity index (χ3v) is 5.60. The lowest BCUT2D eigenvalue weighted by Crippen LogP contribution is -2.59. The molecule has 2 heterocycles. The quantitative estimate of drug-likeness (QED) is 0.784. The van der Waals surface area contributed by atoms with Crippen LogP contribution in [0.1, 0.15) is 40.0 Å². The van der Waals surface area contributed by atoms with E-state index in [1.165, 1.54) is 31.6 Å². The van der Waals surface area contributed by atoms with Crippen molar-refractivity contribution in [3.63, 3.8) is 0 Å². The first kappa shape index (κ1) is 11.7. The van der Waals surface area contributed by atoms with Gasteiger partial charge in [-0.1, -0.05) is 6.92 Å². The van der Waals surface area contributed by atoms with Gasteiger partial charge in [0, 0.05) is 28.6 Å². The van der Waals surface area contributed by atoms with Crippen LogP contribution in [0.2, 0.25) is 0 Å². The van der Waals surface area contributed by atoms with Crippen molar-refractivity contribution >= 4 is 11.8 Å². The molecule has 2 unspecified atom stereocenters. The van der Waals surface area contributed by atoms with Crippen molar-refractivity contribution in [2.24, 2.45) is 5.73 Å². The maximum absolute atomic E-state index is 6.08. The minimum atomic E-state index is 0.296. The van der Waals surface area contributed by atoms with Crippen molar-refractivity contribution in [2.75, 3.05) is 18.8 Å². The predicted octanol–water partition coefficient (Wildman–Crippen LogP) is 2.08. The van der Waals surface area contributed by atoms with Gasteiger partial charge in [0.1, 0.15) is 0 Å². The van der Waals surface area contributed by atoms with Gasteiger partial charge < -0.3 is 5.73 Å². The van der Waals surface area contributed by atoms with Crippen LogP contribution in [0, 0.1) is 0 Å². The molecule has 3 heteroatoms. The lowest BCUT2D eigenvalue weighted by atomic mass is 9.89. The molecule has 2 aliphatic rings. The van der Waals surface area contributed by atoms with Crippen LogP contribution >= 0.6 is 11.8 Å². The SMILES string of the molecule is CC1CC(CN)(N2CCCC2(C)C)CS1. The van der Waals surface area contributed by atoms with Gasteiger partial charge in [0.05, 0.1) is 0 Å². The van der Waals surface area contributed by atoms with E-state index < -0.39 is 0 Å². The lowest BCUT2D eigenvalue weighted by molar-refractivity contribution is 0.0501. The molecule has 0 radical (unpaired) electrons. The summed E-state index contributed by atoms with van der Waals surface area (Å²) in [6, 6.07) is 0. The molecule has 2 atom stereocenters. The van der Waals surface area contributed by atoms with Gasteiger partial charge in [-0.15, -0.1) is 0 Å². The number of nitrogens with zero attached hydrogens (tertiary/aromatic N) is 1. The smallest absolute Gasteiger partial charge is 0.0437 e. The van der Waals surface area contributed by atoms with Crippen LogP contribution in [0.4, 0.5) is 0 Å². The molecule has 2 nitrogen and oxygen atoms in total. The highest BCUT2D eigenvalue weighted by Crippen LogP contribution is 2.44.